The van der Waals surface area contributed by atoms with Gasteiger partial charge >= 0.3 is 0 Å². The van der Waals surface area contributed by atoms with Gasteiger partial charge in [0, 0.05) is 60.5 Å². The van der Waals surface area contributed by atoms with E-state index in [1.807, 2.05) is 24.3 Å². The third kappa shape index (κ3) is 4.45. The molecule has 0 fully saturated rings. The Bertz CT molecular complexity index is 3800. The van der Waals surface area contributed by atoms with Crippen molar-refractivity contribution in [3.8, 4) is 33.6 Å². The van der Waals surface area contributed by atoms with Crippen molar-refractivity contribution < 1.29 is 8.83 Å². The molecule has 4 heterocycles. The summed E-state index contributed by atoms with van der Waals surface area (Å²) in [7, 11) is 0. The van der Waals surface area contributed by atoms with Crippen molar-refractivity contribution >= 4 is 87.5 Å². The number of furan rings is 2. The Morgan fingerprint density at radius 2 is 0.793 bits per heavy atom. The molecule has 13 aromatic rings. The van der Waals surface area contributed by atoms with Crippen molar-refractivity contribution in [2.24, 2.45) is 0 Å². The van der Waals surface area contributed by atoms with Gasteiger partial charge in [-0.25, -0.2) is 0 Å². The molecule has 0 N–H and O–H groups in total. The highest BCUT2D eigenvalue weighted by molar-refractivity contribution is 6.26. The monoisotopic (exact) mass is 740 g/mol. The number of hydrogen-bond donors (Lipinski definition) is 0. The molecule has 270 valence electrons. The SMILES string of the molecule is c1ccc(-c2cccc(-n3c4ccccc4c4ccc(-c5ccc6c(c5)c5ccccc5n6-c5ccc6c(c5)oc5ccc7oc8ccccc8c7c56)cc43)c2)cc1. The minimum absolute atomic E-state index is 0.853. The van der Waals surface area contributed by atoms with Crippen LogP contribution in [0, 0.1) is 0 Å². The minimum Gasteiger partial charge on any atom is -0.456 e. The van der Waals surface area contributed by atoms with Crippen LogP contribution >= 0.6 is 0 Å². The maximum absolute atomic E-state index is 6.59. The number of fused-ring (bicyclic) bond motifs is 13. The first-order valence-corrected chi connectivity index (χ1v) is 19.7. The van der Waals surface area contributed by atoms with Gasteiger partial charge in [-0.1, -0.05) is 115 Å². The van der Waals surface area contributed by atoms with E-state index < -0.39 is 0 Å². The highest BCUT2D eigenvalue weighted by Crippen LogP contribution is 2.42. The summed E-state index contributed by atoms with van der Waals surface area (Å²) >= 11 is 0. The smallest absolute Gasteiger partial charge is 0.137 e. The molecule has 0 aliphatic heterocycles. The summed E-state index contributed by atoms with van der Waals surface area (Å²) in [5.74, 6) is 0. The highest BCUT2D eigenvalue weighted by atomic mass is 16.3. The van der Waals surface area contributed by atoms with Gasteiger partial charge in [-0.2, -0.15) is 0 Å². The predicted molar refractivity (Wildman–Crippen MR) is 241 cm³/mol. The first kappa shape index (κ1) is 31.4. The molecule has 0 amide bonds. The van der Waals surface area contributed by atoms with Crippen LogP contribution in [0.2, 0.25) is 0 Å². The molecule has 9 aromatic carbocycles. The van der Waals surface area contributed by atoms with Crippen LogP contribution in [-0.4, -0.2) is 9.13 Å². The fraction of sp³-hybridized carbons (Fsp3) is 0. The van der Waals surface area contributed by atoms with E-state index in [4.69, 9.17) is 8.83 Å². The molecule has 4 nitrogen and oxygen atoms in total. The van der Waals surface area contributed by atoms with Gasteiger partial charge in [0.2, 0.25) is 0 Å². The van der Waals surface area contributed by atoms with E-state index in [-0.39, 0.29) is 0 Å². The van der Waals surface area contributed by atoms with Gasteiger partial charge in [0.25, 0.3) is 0 Å². The lowest BCUT2D eigenvalue weighted by Gasteiger charge is -2.11. The second-order valence-corrected chi connectivity index (χ2v) is 15.3. The molecule has 0 spiro atoms. The fourth-order valence-corrected chi connectivity index (χ4v) is 9.52. The van der Waals surface area contributed by atoms with E-state index in [1.165, 1.54) is 54.8 Å². The maximum atomic E-state index is 6.59. The number of benzene rings is 9. The van der Waals surface area contributed by atoms with Crippen LogP contribution in [0.5, 0.6) is 0 Å². The summed E-state index contributed by atoms with van der Waals surface area (Å²) < 4.78 is 17.6. The van der Waals surface area contributed by atoms with Crippen molar-refractivity contribution in [3.63, 3.8) is 0 Å². The quantitative estimate of drug-likeness (QED) is 0.180. The fourth-order valence-electron chi connectivity index (χ4n) is 9.52. The van der Waals surface area contributed by atoms with Gasteiger partial charge in [0.15, 0.2) is 0 Å². The molecule has 0 saturated carbocycles. The number of nitrogens with zero attached hydrogens (tertiary/aromatic N) is 2. The third-order valence-corrected chi connectivity index (χ3v) is 12.1. The Morgan fingerprint density at radius 3 is 1.60 bits per heavy atom. The third-order valence-electron chi connectivity index (χ3n) is 12.1. The van der Waals surface area contributed by atoms with Crippen LogP contribution in [0.25, 0.3) is 121 Å². The van der Waals surface area contributed by atoms with Crippen molar-refractivity contribution in [1.29, 1.82) is 0 Å². The molecule has 0 saturated heterocycles. The maximum Gasteiger partial charge on any atom is 0.137 e. The molecule has 4 aromatic heterocycles. The molecule has 0 bridgehead atoms. The summed E-state index contributed by atoms with van der Waals surface area (Å²) in [5.41, 5.74) is 15.1. The molecule has 0 atom stereocenters. The normalized spacial score (nSPS) is 12.1. The lowest BCUT2D eigenvalue weighted by molar-refractivity contribution is 0.662. The van der Waals surface area contributed by atoms with E-state index in [2.05, 4.69) is 179 Å². The minimum atomic E-state index is 0.853. The average Bonchev–Trinajstić information content (AvgIpc) is 4.03. The Hall–Kier alpha value is -7.82. The summed E-state index contributed by atoms with van der Waals surface area (Å²) in [6.07, 6.45) is 0. The van der Waals surface area contributed by atoms with E-state index >= 15 is 0 Å². The second kappa shape index (κ2) is 11.8. The Labute approximate surface area is 332 Å². The number of rotatable bonds is 4. The van der Waals surface area contributed by atoms with E-state index in [1.54, 1.807) is 0 Å². The molecule has 0 radical (unpaired) electrons. The molecular formula is C54H32N2O2. The number of para-hydroxylation sites is 3. The van der Waals surface area contributed by atoms with Crippen LogP contribution in [0.3, 0.4) is 0 Å². The molecule has 0 aliphatic rings. The van der Waals surface area contributed by atoms with Crippen molar-refractivity contribution in [1.82, 2.24) is 9.13 Å². The summed E-state index contributed by atoms with van der Waals surface area (Å²) in [4.78, 5) is 0. The summed E-state index contributed by atoms with van der Waals surface area (Å²) in [6, 6.07) is 69.7. The molecule has 0 unspecified atom stereocenters. The zero-order valence-electron chi connectivity index (χ0n) is 31.2. The standard InChI is InChI=1S/C54H32N2O2/c1-2-11-33(12-3-1)34-13-10-14-37(29-34)56-45-18-7-4-15-39(45)41-24-21-36(31-48(41)56)35-22-26-47-44(30-35)40-16-5-8-19-46(40)55(47)38-23-25-43-52(32-38)58-51-28-27-50-53(54(43)51)42-17-6-9-20-49(42)57-50/h1-32H. The van der Waals surface area contributed by atoms with E-state index in [0.717, 1.165) is 66.3 Å². The number of hydrogen-bond acceptors (Lipinski definition) is 2. The topological polar surface area (TPSA) is 36.1 Å². The lowest BCUT2D eigenvalue weighted by atomic mass is 10.0. The van der Waals surface area contributed by atoms with Gasteiger partial charge in [-0.3, -0.25) is 0 Å². The van der Waals surface area contributed by atoms with Gasteiger partial charge in [-0.15, -0.1) is 0 Å². The molecular weight excluding hydrogens is 709 g/mol. The van der Waals surface area contributed by atoms with Crippen LogP contribution in [-0.2, 0) is 0 Å². The van der Waals surface area contributed by atoms with Gasteiger partial charge in [0.05, 0.1) is 22.1 Å². The molecule has 0 aliphatic carbocycles. The first-order valence-electron chi connectivity index (χ1n) is 19.7. The molecule has 58 heavy (non-hydrogen) atoms. The van der Waals surface area contributed by atoms with Crippen LogP contribution < -0.4 is 0 Å². The van der Waals surface area contributed by atoms with Crippen molar-refractivity contribution in [3.05, 3.63) is 194 Å². The van der Waals surface area contributed by atoms with Gasteiger partial charge in [0.1, 0.15) is 22.3 Å². The second-order valence-electron chi connectivity index (χ2n) is 15.3. The van der Waals surface area contributed by atoms with E-state index in [9.17, 15) is 0 Å². The average molecular weight is 741 g/mol. The largest absolute Gasteiger partial charge is 0.456 e. The zero-order valence-corrected chi connectivity index (χ0v) is 31.2. The Balaban J connectivity index is 0.974. The molecule has 4 heteroatoms. The zero-order chi connectivity index (χ0) is 37.9. The van der Waals surface area contributed by atoms with Crippen molar-refractivity contribution in [2.45, 2.75) is 0 Å². The Morgan fingerprint density at radius 1 is 0.259 bits per heavy atom. The van der Waals surface area contributed by atoms with Crippen molar-refractivity contribution in [2.75, 3.05) is 0 Å². The highest BCUT2D eigenvalue weighted by Gasteiger charge is 2.19. The first-order chi connectivity index (χ1) is 28.7. The predicted octanol–water partition coefficient (Wildman–Crippen LogP) is 15.0. The van der Waals surface area contributed by atoms with Crippen LogP contribution in [0.15, 0.2) is 203 Å². The summed E-state index contributed by atoms with van der Waals surface area (Å²) in [5, 5.41) is 9.29. The number of aromatic nitrogens is 2. The van der Waals surface area contributed by atoms with Crippen LogP contribution in [0.4, 0.5) is 0 Å². The van der Waals surface area contributed by atoms with Crippen LogP contribution in [0.1, 0.15) is 0 Å². The lowest BCUT2D eigenvalue weighted by Crippen LogP contribution is -1.94. The molecule has 13 rings (SSSR count). The van der Waals surface area contributed by atoms with Gasteiger partial charge < -0.3 is 18.0 Å². The van der Waals surface area contributed by atoms with E-state index in [0.29, 0.717) is 0 Å². The Kier molecular flexibility index (Phi) is 6.41. The van der Waals surface area contributed by atoms with Gasteiger partial charge in [-0.05, 0) is 95.1 Å². The summed E-state index contributed by atoms with van der Waals surface area (Å²) in [6.45, 7) is 0.